The van der Waals surface area contributed by atoms with Gasteiger partial charge in [-0.3, -0.25) is 9.69 Å². The summed E-state index contributed by atoms with van der Waals surface area (Å²) >= 11 is 6.91. The molecule has 0 N–H and O–H groups in total. The number of nitrogens with zero attached hydrogens (tertiary/aromatic N) is 2. The molecule has 1 amide bonds. The van der Waals surface area contributed by atoms with E-state index in [0.29, 0.717) is 42.0 Å². The van der Waals surface area contributed by atoms with E-state index in [9.17, 15) is 14.0 Å². The van der Waals surface area contributed by atoms with Gasteiger partial charge in [0.15, 0.2) is 16.7 Å². The van der Waals surface area contributed by atoms with Crippen LogP contribution >= 0.6 is 23.4 Å². The fourth-order valence-electron chi connectivity index (χ4n) is 3.11. The molecule has 0 unspecified atom stereocenters. The van der Waals surface area contributed by atoms with Crippen LogP contribution in [-0.4, -0.2) is 48.8 Å². The Labute approximate surface area is 206 Å². The Morgan fingerprint density at radius 3 is 2.56 bits per heavy atom. The lowest BCUT2D eigenvalue weighted by Gasteiger charge is -2.17. The summed E-state index contributed by atoms with van der Waals surface area (Å²) in [6.45, 7) is 5.08. The van der Waals surface area contributed by atoms with E-state index < -0.39 is 11.8 Å². The third-order valence-corrected chi connectivity index (χ3v) is 5.99. The van der Waals surface area contributed by atoms with Gasteiger partial charge in [-0.15, -0.1) is 0 Å². The second-order valence-corrected chi connectivity index (χ2v) is 8.40. The molecule has 0 spiro atoms. The normalized spacial score (nSPS) is 15.8. The van der Waals surface area contributed by atoms with E-state index in [4.69, 9.17) is 21.1 Å². The summed E-state index contributed by atoms with van der Waals surface area (Å²) in [7, 11) is 1.23. The van der Waals surface area contributed by atoms with E-state index in [1.165, 1.54) is 30.2 Å². The van der Waals surface area contributed by atoms with Crippen LogP contribution in [0.1, 0.15) is 19.4 Å². The monoisotopic (exact) mass is 506 g/mol. The Hall–Kier alpha value is -3.04. The number of methoxy groups -OCH3 is 1. The highest BCUT2D eigenvalue weighted by atomic mass is 35.5. The molecule has 0 aromatic heterocycles. The second-order valence-electron chi connectivity index (χ2n) is 6.98. The number of rotatable bonds is 9. The molecule has 7 nitrogen and oxygen atoms in total. The molecular formula is C24H24ClFN2O5S. The number of benzene rings is 2. The highest BCUT2D eigenvalue weighted by Gasteiger charge is 2.34. The summed E-state index contributed by atoms with van der Waals surface area (Å²) in [6, 6.07) is 9.65. The quantitative estimate of drug-likeness (QED) is 0.346. The Morgan fingerprint density at radius 1 is 1.15 bits per heavy atom. The van der Waals surface area contributed by atoms with Gasteiger partial charge in [0.2, 0.25) is 0 Å². The highest BCUT2D eigenvalue weighted by Crippen LogP contribution is 2.34. The summed E-state index contributed by atoms with van der Waals surface area (Å²) in [5.74, 6) is -0.303. The Bertz CT molecular complexity index is 1140. The molecule has 1 fully saturated rings. The van der Waals surface area contributed by atoms with Crippen LogP contribution in [0.2, 0.25) is 5.02 Å². The van der Waals surface area contributed by atoms with Crippen molar-refractivity contribution in [1.29, 1.82) is 0 Å². The van der Waals surface area contributed by atoms with Crippen LogP contribution in [-0.2, 0) is 20.7 Å². The smallest absolute Gasteiger partial charge is 0.331 e. The summed E-state index contributed by atoms with van der Waals surface area (Å²) in [5, 5.41) is 0.268. The Balaban J connectivity index is 1.88. The van der Waals surface area contributed by atoms with E-state index in [2.05, 4.69) is 9.73 Å². The molecule has 0 aliphatic carbocycles. The van der Waals surface area contributed by atoms with E-state index in [1.807, 2.05) is 32.0 Å². The molecule has 1 aliphatic rings. The van der Waals surface area contributed by atoms with Crippen molar-refractivity contribution in [2.45, 2.75) is 20.3 Å². The minimum atomic E-state index is -0.644. The van der Waals surface area contributed by atoms with Crippen molar-refractivity contribution >= 4 is 46.1 Å². The number of hydrogen-bond donors (Lipinski definition) is 0. The van der Waals surface area contributed by atoms with Gasteiger partial charge < -0.3 is 14.2 Å². The van der Waals surface area contributed by atoms with E-state index in [1.54, 1.807) is 0 Å². The largest absolute Gasteiger partial charge is 0.490 e. The minimum absolute atomic E-state index is 0.0779. The van der Waals surface area contributed by atoms with E-state index in [-0.39, 0.29) is 22.4 Å². The average Bonchev–Trinajstić information content (AvgIpc) is 3.10. The maximum Gasteiger partial charge on any atom is 0.331 e. The number of hydrogen-bond acceptors (Lipinski definition) is 7. The van der Waals surface area contributed by atoms with Crippen LogP contribution in [0.4, 0.5) is 10.1 Å². The Morgan fingerprint density at radius 2 is 1.88 bits per heavy atom. The SMILES string of the molecule is CCOc1ccc(CCN2C(=O)/C(=C\C(=O)OC)SC2=Nc2ccc(F)c(Cl)c2)cc1OCC. The molecule has 1 heterocycles. The number of esters is 1. The molecule has 180 valence electrons. The van der Waals surface area contributed by atoms with Crippen LogP contribution in [0.5, 0.6) is 11.5 Å². The van der Waals surface area contributed by atoms with Gasteiger partial charge >= 0.3 is 5.97 Å². The van der Waals surface area contributed by atoms with Crippen molar-refractivity contribution in [3.05, 3.63) is 63.8 Å². The third kappa shape index (κ3) is 6.30. The zero-order valence-corrected chi connectivity index (χ0v) is 20.5. The predicted octanol–water partition coefficient (Wildman–Crippen LogP) is 5.14. The number of carbonyl (C=O) groups excluding carboxylic acids is 2. The van der Waals surface area contributed by atoms with Gasteiger partial charge in [0.25, 0.3) is 5.91 Å². The molecule has 0 saturated carbocycles. The molecule has 3 rings (SSSR count). The molecule has 2 aromatic rings. The molecule has 0 bridgehead atoms. The summed E-state index contributed by atoms with van der Waals surface area (Å²) in [6.07, 6.45) is 1.62. The number of thioether (sulfide) groups is 1. The van der Waals surface area contributed by atoms with Gasteiger partial charge in [-0.05, 0) is 67.9 Å². The van der Waals surface area contributed by atoms with Crippen LogP contribution in [0.15, 0.2) is 52.4 Å². The van der Waals surface area contributed by atoms with Crippen molar-refractivity contribution in [2.75, 3.05) is 26.9 Å². The number of ether oxygens (including phenoxy) is 3. The fourth-order valence-corrected chi connectivity index (χ4v) is 4.27. The number of amidine groups is 1. The highest BCUT2D eigenvalue weighted by molar-refractivity contribution is 8.18. The lowest BCUT2D eigenvalue weighted by Crippen LogP contribution is -2.31. The molecule has 1 aliphatic heterocycles. The molecule has 0 atom stereocenters. The van der Waals surface area contributed by atoms with Crippen LogP contribution in [0, 0.1) is 5.82 Å². The van der Waals surface area contributed by atoms with Gasteiger partial charge in [0.05, 0.1) is 35.9 Å². The number of aliphatic imine (C=N–C) groups is 1. The summed E-state index contributed by atoms with van der Waals surface area (Å²) < 4.78 is 29.5. The first-order valence-corrected chi connectivity index (χ1v) is 11.8. The van der Waals surface area contributed by atoms with Gasteiger partial charge in [0, 0.05) is 12.6 Å². The zero-order chi connectivity index (χ0) is 24.7. The lowest BCUT2D eigenvalue weighted by atomic mass is 10.1. The fraction of sp³-hybridized carbons (Fsp3) is 0.292. The average molecular weight is 507 g/mol. The number of halogens is 2. The van der Waals surface area contributed by atoms with Gasteiger partial charge in [-0.1, -0.05) is 17.7 Å². The maximum absolute atomic E-state index is 13.5. The predicted molar refractivity (Wildman–Crippen MR) is 130 cm³/mol. The van der Waals surface area contributed by atoms with Gasteiger partial charge in [0.1, 0.15) is 5.82 Å². The molecule has 1 saturated heterocycles. The van der Waals surface area contributed by atoms with E-state index in [0.717, 1.165) is 23.4 Å². The first-order chi connectivity index (χ1) is 16.4. The number of amides is 1. The Kier molecular flexibility index (Phi) is 8.95. The lowest BCUT2D eigenvalue weighted by molar-refractivity contribution is -0.135. The van der Waals surface area contributed by atoms with Crippen molar-refractivity contribution < 1.29 is 28.2 Å². The van der Waals surface area contributed by atoms with Crippen LogP contribution in [0.3, 0.4) is 0 Å². The van der Waals surface area contributed by atoms with Gasteiger partial charge in [-0.25, -0.2) is 14.2 Å². The standard InChI is InChI=1S/C24H24ClFN2O5S/c1-4-32-19-9-6-15(12-20(19)33-5-2)10-11-28-23(30)21(14-22(29)31-3)34-24(28)27-16-7-8-18(26)17(25)13-16/h6-9,12-14H,4-5,10-11H2,1-3H3/b21-14+,27-24?. The summed E-state index contributed by atoms with van der Waals surface area (Å²) in [4.78, 5) is 30.9. The van der Waals surface area contributed by atoms with Crippen LogP contribution in [0.25, 0.3) is 0 Å². The second kappa shape index (κ2) is 11.9. The molecule has 0 radical (unpaired) electrons. The van der Waals surface area contributed by atoms with Crippen LogP contribution < -0.4 is 9.47 Å². The zero-order valence-electron chi connectivity index (χ0n) is 19.0. The third-order valence-electron chi connectivity index (χ3n) is 4.70. The maximum atomic E-state index is 13.5. The topological polar surface area (TPSA) is 77.4 Å². The molecule has 10 heteroatoms. The van der Waals surface area contributed by atoms with Crippen molar-refractivity contribution in [1.82, 2.24) is 4.90 Å². The number of carbonyl (C=O) groups is 2. The molecule has 2 aromatic carbocycles. The van der Waals surface area contributed by atoms with Crippen molar-refractivity contribution in [2.24, 2.45) is 4.99 Å². The van der Waals surface area contributed by atoms with Crippen molar-refractivity contribution in [3.8, 4) is 11.5 Å². The minimum Gasteiger partial charge on any atom is -0.490 e. The first-order valence-electron chi connectivity index (χ1n) is 10.6. The van der Waals surface area contributed by atoms with E-state index >= 15 is 0 Å². The molecular weight excluding hydrogens is 483 g/mol. The van der Waals surface area contributed by atoms with Crippen molar-refractivity contribution in [3.63, 3.8) is 0 Å². The first kappa shape index (κ1) is 25.6. The van der Waals surface area contributed by atoms with Gasteiger partial charge in [-0.2, -0.15) is 0 Å². The summed E-state index contributed by atoms with van der Waals surface area (Å²) in [5.41, 5.74) is 1.31. The molecule has 34 heavy (non-hydrogen) atoms.